The van der Waals surface area contributed by atoms with Gasteiger partial charge in [-0.05, 0) is 17.7 Å². The summed E-state index contributed by atoms with van der Waals surface area (Å²) < 4.78 is 26.6. The Hall–Kier alpha value is -2.06. The van der Waals surface area contributed by atoms with Crippen LogP contribution in [0.3, 0.4) is 0 Å². The lowest BCUT2D eigenvalue weighted by Gasteiger charge is -2.26. The Morgan fingerprint density at radius 3 is 2.84 bits per heavy atom. The maximum Gasteiger partial charge on any atom is 0.256 e. The van der Waals surface area contributed by atoms with E-state index in [1.165, 1.54) is 5.56 Å². The summed E-state index contributed by atoms with van der Waals surface area (Å²) in [5.41, 5.74) is 1.77. The number of hydrogen-bond acceptors (Lipinski definition) is 5. The van der Waals surface area contributed by atoms with E-state index >= 15 is 0 Å². The van der Waals surface area contributed by atoms with Gasteiger partial charge in [0, 0.05) is 30.8 Å². The van der Waals surface area contributed by atoms with E-state index in [1.807, 2.05) is 18.2 Å². The van der Waals surface area contributed by atoms with Crippen LogP contribution in [0, 0.1) is 0 Å². The van der Waals surface area contributed by atoms with Crippen LogP contribution in [0.15, 0.2) is 58.7 Å². The van der Waals surface area contributed by atoms with Crippen molar-refractivity contribution >= 4 is 33.5 Å². The molecule has 0 aliphatic carbocycles. The molecule has 2 aliphatic rings. The highest BCUT2D eigenvalue weighted by molar-refractivity contribution is 7.98. The summed E-state index contributed by atoms with van der Waals surface area (Å²) in [7, 11) is -3.37. The molecule has 0 spiro atoms. The van der Waals surface area contributed by atoms with Crippen molar-refractivity contribution < 1.29 is 13.2 Å². The maximum atomic E-state index is 12.2. The summed E-state index contributed by atoms with van der Waals surface area (Å²) in [5.74, 6) is 1.91. The molecule has 0 fully saturated rings. The summed E-state index contributed by atoms with van der Waals surface area (Å²) in [4.78, 5) is 13.9. The SMILES string of the molecule is O=C(NCCSCc1ccccc1)C1=CN2CCS(=O)(=O)N=C2C=C1. The number of fused-ring (bicyclic) bond motifs is 1. The molecule has 8 heteroatoms. The van der Waals surface area contributed by atoms with Gasteiger partial charge in [-0.2, -0.15) is 11.8 Å². The molecule has 0 saturated heterocycles. The van der Waals surface area contributed by atoms with Gasteiger partial charge in [-0.15, -0.1) is 4.40 Å². The molecule has 6 nitrogen and oxygen atoms in total. The third kappa shape index (κ3) is 4.96. The lowest BCUT2D eigenvalue weighted by atomic mass is 10.2. The number of thioether (sulfide) groups is 1. The maximum absolute atomic E-state index is 12.2. The highest BCUT2D eigenvalue weighted by atomic mass is 32.2. The van der Waals surface area contributed by atoms with Gasteiger partial charge in [0.1, 0.15) is 5.84 Å². The topological polar surface area (TPSA) is 78.8 Å². The number of rotatable bonds is 6. The first-order chi connectivity index (χ1) is 12.0. The van der Waals surface area contributed by atoms with Crippen LogP contribution in [-0.2, 0) is 20.6 Å². The first-order valence-corrected chi connectivity index (χ1v) is 10.7. The van der Waals surface area contributed by atoms with E-state index in [-0.39, 0.29) is 11.7 Å². The average molecular weight is 377 g/mol. The molecule has 1 N–H and O–H groups in total. The normalized spacial score (nSPS) is 18.2. The second-order valence-corrected chi connectivity index (χ2v) is 8.50. The standard InChI is InChI=1S/C17H19N3O3S2/c21-17(18-8-10-24-13-14-4-2-1-3-5-14)15-6-7-16-19-25(22,23)11-9-20(16)12-15/h1-7,12H,8-11,13H2,(H,18,21). The van der Waals surface area contributed by atoms with Gasteiger partial charge in [0.2, 0.25) is 0 Å². The molecule has 0 aromatic heterocycles. The molecule has 2 heterocycles. The smallest absolute Gasteiger partial charge is 0.256 e. The van der Waals surface area contributed by atoms with Crippen LogP contribution >= 0.6 is 11.8 Å². The van der Waals surface area contributed by atoms with Crippen molar-refractivity contribution in [1.82, 2.24) is 10.2 Å². The van der Waals surface area contributed by atoms with Crippen molar-refractivity contribution in [2.24, 2.45) is 4.40 Å². The van der Waals surface area contributed by atoms with Gasteiger partial charge >= 0.3 is 0 Å². The molecular formula is C17H19N3O3S2. The number of carbonyl (C=O) groups excluding carboxylic acids is 1. The van der Waals surface area contributed by atoms with Gasteiger partial charge in [-0.1, -0.05) is 30.3 Å². The molecule has 0 atom stereocenters. The van der Waals surface area contributed by atoms with Crippen LogP contribution in [0.1, 0.15) is 5.56 Å². The molecule has 1 aromatic carbocycles. The molecule has 0 unspecified atom stereocenters. The first kappa shape index (κ1) is 17.8. The summed E-state index contributed by atoms with van der Waals surface area (Å²) in [5, 5.41) is 2.89. The minimum Gasteiger partial charge on any atom is -0.351 e. The summed E-state index contributed by atoms with van der Waals surface area (Å²) in [6, 6.07) is 10.2. The van der Waals surface area contributed by atoms with Gasteiger partial charge in [0.15, 0.2) is 0 Å². The van der Waals surface area contributed by atoms with E-state index < -0.39 is 10.0 Å². The molecule has 132 valence electrons. The minimum atomic E-state index is -3.37. The Morgan fingerprint density at radius 1 is 1.24 bits per heavy atom. The monoisotopic (exact) mass is 377 g/mol. The van der Waals surface area contributed by atoms with Crippen molar-refractivity contribution in [1.29, 1.82) is 0 Å². The second-order valence-electron chi connectivity index (χ2n) is 5.64. The van der Waals surface area contributed by atoms with E-state index in [0.717, 1.165) is 11.5 Å². The number of amides is 1. The summed E-state index contributed by atoms with van der Waals surface area (Å²) >= 11 is 1.76. The number of benzene rings is 1. The van der Waals surface area contributed by atoms with Gasteiger partial charge in [-0.25, -0.2) is 8.42 Å². The summed E-state index contributed by atoms with van der Waals surface area (Å²) in [6.07, 6.45) is 4.82. The fraction of sp³-hybridized carbons (Fsp3) is 0.294. The number of nitrogens with one attached hydrogen (secondary N) is 1. The average Bonchev–Trinajstić information content (AvgIpc) is 2.61. The molecule has 0 bridgehead atoms. The second kappa shape index (κ2) is 7.88. The fourth-order valence-corrected chi connectivity index (χ4v) is 4.23. The first-order valence-electron chi connectivity index (χ1n) is 7.92. The Kier molecular flexibility index (Phi) is 5.60. The predicted octanol–water partition coefficient (Wildman–Crippen LogP) is 1.53. The number of amidine groups is 1. The highest BCUT2D eigenvalue weighted by Gasteiger charge is 2.24. The Labute approximate surface area is 151 Å². The zero-order valence-electron chi connectivity index (χ0n) is 13.6. The van der Waals surface area contributed by atoms with Gasteiger partial charge in [0.05, 0.1) is 11.3 Å². The molecule has 2 aliphatic heterocycles. The Balaban J connectivity index is 1.45. The van der Waals surface area contributed by atoms with Crippen molar-refractivity contribution in [2.75, 3.05) is 24.6 Å². The van der Waals surface area contributed by atoms with Crippen molar-refractivity contribution in [3.8, 4) is 0 Å². The van der Waals surface area contributed by atoms with E-state index in [9.17, 15) is 13.2 Å². The van der Waals surface area contributed by atoms with Crippen molar-refractivity contribution in [3.05, 3.63) is 59.8 Å². The zero-order chi connectivity index (χ0) is 17.7. The van der Waals surface area contributed by atoms with E-state index in [1.54, 1.807) is 35.0 Å². The van der Waals surface area contributed by atoms with Crippen LogP contribution in [0.4, 0.5) is 0 Å². The third-order valence-electron chi connectivity index (χ3n) is 3.73. The Bertz CT molecular complexity index is 830. The molecule has 25 heavy (non-hydrogen) atoms. The van der Waals surface area contributed by atoms with Crippen LogP contribution in [0.5, 0.6) is 0 Å². The lowest BCUT2D eigenvalue weighted by Crippen LogP contribution is -2.38. The highest BCUT2D eigenvalue weighted by Crippen LogP contribution is 2.16. The van der Waals surface area contributed by atoms with Crippen LogP contribution in [0.2, 0.25) is 0 Å². The van der Waals surface area contributed by atoms with E-state index in [2.05, 4.69) is 21.8 Å². The van der Waals surface area contributed by atoms with Gasteiger partial charge in [-0.3, -0.25) is 4.79 Å². The number of hydrogen-bond donors (Lipinski definition) is 1. The Morgan fingerprint density at radius 2 is 2.04 bits per heavy atom. The molecular weight excluding hydrogens is 358 g/mol. The van der Waals surface area contributed by atoms with Crippen LogP contribution < -0.4 is 5.32 Å². The number of carbonyl (C=O) groups is 1. The predicted molar refractivity (Wildman–Crippen MR) is 101 cm³/mol. The molecule has 0 saturated carbocycles. The lowest BCUT2D eigenvalue weighted by molar-refractivity contribution is -0.117. The molecule has 1 amide bonds. The van der Waals surface area contributed by atoms with Crippen molar-refractivity contribution in [3.63, 3.8) is 0 Å². The third-order valence-corrected chi connectivity index (χ3v) is 5.92. The van der Waals surface area contributed by atoms with E-state index in [4.69, 9.17) is 0 Å². The van der Waals surface area contributed by atoms with Crippen LogP contribution in [0.25, 0.3) is 0 Å². The largest absolute Gasteiger partial charge is 0.351 e. The molecule has 1 aromatic rings. The summed E-state index contributed by atoms with van der Waals surface area (Å²) in [6.45, 7) is 0.895. The molecule has 3 rings (SSSR count). The van der Waals surface area contributed by atoms with Gasteiger partial charge in [0.25, 0.3) is 15.9 Å². The van der Waals surface area contributed by atoms with Crippen molar-refractivity contribution in [2.45, 2.75) is 5.75 Å². The molecule has 0 radical (unpaired) electrons. The van der Waals surface area contributed by atoms with Gasteiger partial charge < -0.3 is 10.2 Å². The quantitative estimate of drug-likeness (QED) is 0.761. The number of nitrogens with zero attached hydrogens (tertiary/aromatic N) is 2. The fourth-order valence-electron chi connectivity index (χ4n) is 2.44. The van der Waals surface area contributed by atoms with E-state index in [0.29, 0.717) is 24.5 Å². The number of sulfonamides is 1. The minimum absolute atomic E-state index is 0.0358. The van der Waals surface area contributed by atoms with Crippen LogP contribution in [-0.4, -0.2) is 49.7 Å². The zero-order valence-corrected chi connectivity index (χ0v) is 15.2.